The molecule has 0 radical (unpaired) electrons. The van der Waals surface area contributed by atoms with Crippen LogP contribution in [0.4, 0.5) is 0 Å². The first kappa shape index (κ1) is 26.6. The first-order valence-corrected chi connectivity index (χ1v) is 11.4. The van der Waals surface area contributed by atoms with Crippen LogP contribution in [0.25, 0.3) is 5.69 Å². The average molecular weight is 554 g/mol. The van der Waals surface area contributed by atoms with Crippen molar-refractivity contribution in [3.8, 4) is 5.69 Å². The van der Waals surface area contributed by atoms with Crippen molar-refractivity contribution in [2.45, 2.75) is 40.3 Å². The van der Waals surface area contributed by atoms with Crippen molar-refractivity contribution in [2.75, 3.05) is 46.8 Å². The molecule has 2 N–H and O–H groups in total. The minimum Gasteiger partial charge on any atom is -0.355 e. The van der Waals surface area contributed by atoms with E-state index in [1.54, 1.807) is 0 Å². The highest BCUT2D eigenvalue weighted by Crippen LogP contribution is 2.17. The molecule has 0 bridgehead atoms. The van der Waals surface area contributed by atoms with E-state index in [2.05, 4.69) is 88.7 Å². The average Bonchev–Trinajstić information content (AvgIpc) is 3.09. The number of rotatable bonds is 7. The SMILES string of the molecule is CN=C(NCc1ccccc1-n1nc(C)cc1C)NCC(C(C)C)N1CCN(C)CC1.I. The summed E-state index contributed by atoms with van der Waals surface area (Å²) in [5.41, 5.74) is 4.46. The molecule has 2 aromatic rings. The number of benzene rings is 1. The van der Waals surface area contributed by atoms with E-state index in [-0.39, 0.29) is 24.0 Å². The minimum atomic E-state index is 0. The summed E-state index contributed by atoms with van der Waals surface area (Å²) in [6.45, 7) is 14.9. The molecule has 3 rings (SSSR count). The van der Waals surface area contributed by atoms with Crippen LogP contribution in [0.5, 0.6) is 0 Å². The van der Waals surface area contributed by atoms with Crippen LogP contribution in [0.15, 0.2) is 35.3 Å². The molecule has 2 heterocycles. The van der Waals surface area contributed by atoms with Gasteiger partial charge < -0.3 is 15.5 Å². The summed E-state index contributed by atoms with van der Waals surface area (Å²) >= 11 is 0. The van der Waals surface area contributed by atoms with Gasteiger partial charge in [0.05, 0.1) is 11.4 Å². The van der Waals surface area contributed by atoms with E-state index in [1.165, 1.54) is 5.56 Å². The second-order valence-electron chi connectivity index (χ2n) is 8.92. The molecule has 7 nitrogen and oxygen atoms in total. The van der Waals surface area contributed by atoms with Crippen molar-refractivity contribution in [3.63, 3.8) is 0 Å². The number of para-hydroxylation sites is 1. The maximum absolute atomic E-state index is 4.66. The molecular weight excluding hydrogens is 513 g/mol. The molecule has 1 aromatic heterocycles. The number of likely N-dealkylation sites (N-methyl/N-ethyl adjacent to an activating group) is 1. The Morgan fingerprint density at radius 1 is 1.09 bits per heavy atom. The van der Waals surface area contributed by atoms with Gasteiger partial charge in [-0.15, -0.1) is 24.0 Å². The second-order valence-corrected chi connectivity index (χ2v) is 8.92. The summed E-state index contributed by atoms with van der Waals surface area (Å²) in [7, 11) is 4.04. The van der Waals surface area contributed by atoms with Gasteiger partial charge >= 0.3 is 0 Å². The van der Waals surface area contributed by atoms with Crippen molar-refractivity contribution < 1.29 is 0 Å². The summed E-state index contributed by atoms with van der Waals surface area (Å²) in [6.07, 6.45) is 0. The quantitative estimate of drug-likeness (QED) is 0.314. The molecule has 32 heavy (non-hydrogen) atoms. The molecule has 8 heteroatoms. The third-order valence-corrected chi connectivity index (χ3v) is 6.15. The van der Waals surface area contributed by atoms with E-state index < -0.39 is 0 Å². The number of aryl methyl sites for hydroxylation is 2. The van der Waals surface area contributed by atoms with Crippen LogP contribution >= 0.6 is 24.0 Å². The van der Waals surface area contributed by atoms with Gasteiger partial charge in [0.2, 0.25) is 0 Å². The summed E-state index contributed by atoms with van der Waals surface area (Å²) in [5, 5.41) is 11.7. The lowest BCUT2D eigenvalue weighted by Gasteiger charge is -2.40. The van der Waals surface area contributed by atoms with E-state index in [0.717, 1.165) is 55.8 Å². The maximum atomic E-state index is 4.66. The lowest BCUT2D eigenvalue weighted by Crippen LogP contribution is -2.55. The fourth-order valence-electron chi connectivity index (χ4n) is 4.28. The molecule has 1 atom stereocenters. The standard InChI is InChI=1S/C24H39N7.HI/c1-18(2)23(30-13-11-29(6)12-14-30)17-27-24(25-5)26-16-21-9-7-8-10-22(21)31-20(4)15-19(3)28-31;/h7-10,15,18,23H,11-14,16-17H2,1-6H3,(H2,25,26,27);1H. The smallest absolute Gasteiger partial charge is 0.191 e. The van der Waals surface area contributed by atoms with Crippen LogP contribution in [0.3, 0.4) is 0 Å². The van der Waals surface area contributed by atoms with Crippen LogP contribution < -0.4 is 10.6 Å². The lowest BCUT2D eigenvalue weighted by atomic mass is 10.0. The molecule has 0 amide bonds. The van der Waals surface area contributed by atoms with Crippen LogP contribution in [0.1, 0.15) is 30.8 Å². The third-order valence-electron chi connectivity index (χ3n) is 6.15. The number of nitrogens with one attached hydrogen (secondary N) is 2. The molecule has 0 spiro atoms. The zero-order chi connectivity index (χ0) is 22.4. The molecule has 1 aliphatic heterocycles. The number of aromatic nitrogens is 2. The Hall–Kier alpha value is -1.65. The number of halogens is 1. The minimum absolute atomic E-state index is 0. The highest BCUT2D eigenvalue weighted by molar-refractivity contribution is 14.0. The number of hydrogen-bond donors (Lipinski definition) is 2. The van der Waals surface area contributed by atoms with E-state index in [0.29, 0.717) is 18.5 Å². The zero-order valence-corrected chi connectivity index (χ0v) is 22.8. The van der Waals surface area contributed by atoms with Gasteiger partial charge in [0.25, 0.3) is 0 Å². The van der Waals surface area contributed by atoms with Gasteiger partial charge in [-0.3, -0.25) is 9.89 Å². The monoisotopic (exact) mass is 553 g/mol. The molecule has 1 saturated heterocycles. The van der Waals surface area contributed by atoms with Crippen molar-refractivity contribution in [2.24, 2.45) is 10.9 Å². The van der Waals surface area contributed by atoms with E-state index in [4.69, 9.17) is 0 Å². The number of aliphatic imine (C=N–C) groups is 1. The van der Waals surface area contributed by atoms with Gasteiger partial charge in [-0.25, -0.2) is 4.68 Å². The predicted molar refractivity (Wildman–Crippen MR) is 144 cm³/mol. The molecular formula is C24H40IN7. The summed E-state index contributed by atoms with van der Waals surface area (Å²) in [6, 6.07) is 11.0. The first-order valence-electron chi connectivity index (χ1n) is 11.4. The van der Waals surface area contributed by atoms with Gasteiger partial charge in [0.1, 0.15) is 0 Å². The van der Waals surface area contributed by atoms with Crippen molar-refractivity contribution >= 4 is 29.9 Å². The molecule has 1 aromatic carbocycles. The van der Waals surface area contributed by atoms with Crippen LogP contribution in [-0.2, 0) is 6.54 Å². The second kappa shape index (κ2) is 12.6. The van der Waals surface area contributed by atoms with Crippen molar-refractivity contribution in [1.29, 1.82) is 0 Å². The van der Waals surface area contributed by atoms with E-state index in [9.17, 15) is 0 Å². The summed E-state index contributed by atoms with van der Waals surface area (Å²) in [4.78, 5) is 9.48. The third kappa shape index (κ3) is 6.92. The largest absolute Gasteiger partial charge is 0.355 e. The predicted octanol–water partition coefficient (Wildman–Crippen LogP) is 3.04. The van der Waals surface area contributed by atoms with E-state index in [1.807, 2.05) is 18.7 Å². The Balaban J connectivity index is 0.00000363. The Morgan fingerprint density at radius 2 is 1.78 bits per heavy atom. The van der Waals surface area contributed by atoms with Crippen molar-refractivity contribution in [1.82, 2.24) is 30.2 Å². The molecule has 1 fully saturated rings. The number of guanidine groups is 1. The molecule has 1 aliphatic rings. The van der Waals surface area contributed by atoms with Gasteiger partial charge in [-0.2, -0.15) is 5.10 Å². The maximum Gasteiger partial charge on any atom is 0.191 e. The Bertz CT molecular complexity index is 869. The summed E-state index contributed by atoms with van der Waals surface area (Å²) < 4.78 is 2.02. The highest BCUT2D eigenvalue weighted by Gasteiger charge is 2.25. The lowest BCUT2D eigenvalue weighted by molar-refractivity contribution is 0.0900. The van der Waals surface area contributed by atoms with Gasteiger partial charge in [-0.1, -0.05) is 32.0 Å². The fraction of sp³-hybridized carbons (Fsp3) is 0.583. The van der Waals surface area contributed by atoms with E-state index >= 15 is 0 Å². The Morgan fingerprint density at radius 3 is 2.38 bits per heavy atom. The first-order chi connectivity index (χ1) is 14.9. The van der Waals surface area contributed by atoms with Crippen LogP contribution in [0, 0.1) is 19.8 Å². The van der Waals surface area contributed by atoms with Crippen molar-refractivity contribution in [3.05, 3.63) is 47.3 Å². The van der Waals surface area contributed by atoms with Crippen LogP contribution in [-0.4, -0.2) is 78.4 Å². The number of piperazine rings is 1. The van der Waals surface area contributed by atoms with Gasteiger partial charge in [0, 0.05) is 58.1 Å². The topological polar surface area (TPSA) is 60.7 Å². The fourth-order valence-corrected chi connectivity index (χ4v) is 4.28. The van der Waals surface area contributed by atoms with Crippen LogP contribution in [0.2, 0.25) is 0 Å². The van der Waals surface area contributed by atoms with Gasteiger partial charge in [0.15, 0.2) is 5.96 Å². The zero-order valence-electron chi connectivity index (χ0n) is 20.4. The molecule has 1 unspecified atom stereocenters. The Kier molecular flexibility index (Phi) is 10.4. The Labute approximate surface area is 210 Å². The van der Waals surface area contributed by atoms with Gasteiger partial charge in [-0.05, 0) is 44.5 Å². The number of nitrogens with zero attached hydrogens (tertiary/aromatic N) is 5. The number of hydrogen-bond acceptors (Lipinski definition) is 4. The molecule has 0 saturated carbocycles. The summed E-state index contributed by atoms with van der Waals surface area (Å²) in [5.74, 6) is 1.42. The normalized spacial score (nSPS) is 16.7. The molecule has 0 aliphatic carbocycles. The molecule has 178 valence electrons. The highest BCUT2D eigenvalue weighted by atomic mass is 127.